The van der Waals surface area contributed by atoms with E-state index in [0.717, 1.165) is 9.87 Å². The van der Waals surface area contributed by atoms with Gasteiger partial charge in [0, 0.05) is 18.7 Å². The molecule has 0 aliphatic carbocycles. The Labute approximate surface area is 158 Å². The normalized spacial score (nSPS) is 12.8. The highest BCUT2D eigenvalue weighted by molar-refractivity contribution is 7.92. The van der Waals surface area contributed by atoms with Gasteiger partial charge in [-0.2, -0.15) is 0 Å². The molecule has 146 valence electrons. The van der Waals surface area contributed by atoms with Crippen molar-refractivity contribution in [2.45, 2.75) is 17.9 Å². The van der Waals surface area contributed by atoms with Gasteiger partial charge in [0.2, 0.25) is 0 Å². The number of rotatable bonds is 8. The van der Waals surface area contributed by atoms with Crippen LogP contribution in [0.2, 0.25) is 0 Å². The van der Waals surface area contributed by atoms with Gasteiger partial charge in [-0.1, -0.05) is 23.8 Å². The van der Waals surface area contributed by atoms with E-state index in [9.17, 15) is 23.6 Å². The summed E-state index contributed by atoms with van der Waals surface area (Å²) in [5, 5.41) is 21.4. The molecule has 2 aromatic carbocycles. The maximum Gasteiger partial charge on any atom is 0.271 e. The molecule has 0 heterocycles. The number of aliphatic hydroxyl groups is 1. The number of non-ortho nitro benzene ring substituents is 1. The van der Waals surface area contributed by atoms with Crippen LogP contribution in [0.3, 0.4) is 0 Å². The first kappa shape index (κ1) is 20.8. The third kappa shape index (κ3) is 5.25. The van der Waals surface area contributed by atoms with Crippen molar-refractivity contribution < 1.29 is 18.4 Å². The lowest BCUT2D eigenvalue weighted by Gasteiger charge is -2.28. The van der Waals surface area contributed by atoms with E-state index in [4.69, 9.17) is 0 Å². The average Bonchev–Trinajstić information content (AvgIpc) is 2.59. The van der Waals surface area contributed by atoms with Gasteiger partial charge in [0.05, 0.1) is 28.2 Å². The highest BCUT2D eigenvalue weighted by Gasteiger charge is 2.28. The van der Waals surface area contributed by atoms with Gasteiger partial charge >= 0.3 is 0 Å². The molecule has 0 fully saturated rings. The van der Waals surface area contributed by atoms with Gasteiger partial charge in [0.15, 0.2) is 0 Å². The molecule has 0 saturated heterocycles. The molecule has 1 unspecified atom stereocenters. The van der Waals surface area contributed by atoms with Crippen molar-refractivity contribution in [2.24, 2.45) is 0 Å². The van der Waals surface area contributed by atoms with Crippen molar-refractivity contribution in [3.63, 3.8) is 0 Å². The maximum absolute atomic E-state index is 13.2. The average molecular weight is 393 g/mol. The molecular weight excluding hydrogens is 370 g/mol. The molecule has 2 rings (SSSR count). The number of likely N-dealkylation sites (N-methyl/N-ethyl adjacent to an activating group) is 1. The van der Waals surface area contributed by atoms with Crippen LogP contribution in [-0.2, 0) is 10.0 Å². The Bertz CT molecular complexity index is 897. The van der Waals surface area contributed by atoms with E-state index in [0.29, 0.717) is 0 Å². The quantitative estimate of drug-likeness (QED) is 0.544. The second-order valence-corrected chi connectivity index (χ2v) is 8.40. The number of hydrogen-bond acceptors (Lipinski definition) is 6. The first-order valence-corrected chi connectivity index (χ1v) is 9.72. The maximum atomic E-state index is 13.2. The van der Waals surface area contributed by atoms with Crippen LogP contribution in [-0.4, -0.2) is 56.6 Å². The Morgan fingerprint density at radius 3 is 2.30 bits per heavy atom. The van der Waals surface area contributed by atoms with Crippen LogP contribution in [0.4, 0.5) is 11.4 Å². The van der Waals surface area contributed by atoms with Gasteiger partial charge in [-0.25, -0.2) is 8.42 Å². The molecule has 9 heteroatoms. The summed E-state index contributed by atoms with van der Waals surface area (Å²) in [6.45, 7) is 1.86. The van der Waals surface area contributed by atoms with Gasteiger partial charge < -0.3 is 10.0 Å². The molecule has 1 atom stereocenters. The van der Waals surface area contributed by atoms with Crippen LogP contribution >= 0.6 is 0 Å². The second-order valence-electron chi connectivity index (χ2n) is 6.54. The minimum atomic E-state index is -4.01. The van der Waals surface area contributed by atoms with Crippen LogP contribution in [0.5, 0.6) is 0 Å². The summed E-state index contributed by atoms with van der Waals surface area (Å²) >= 11 is 0. The number of hydrogen-bond donors (Lipinski definition) is 1. The molecule has 0 saturated carbocycles. The fraction of sp³-hybridized carbons (Fsp3) is 0.333. The third-order valence-corrected chi connectivity index (χ3v) is 5.70. The smallest absolute Gasteiger partial charge is 0.271 e. The van der Waals surface area contributed by atoms with Crippen molar-refractivity contribution in [3.05, 3.63) is 64.2 Å². The molecule has 27 heavy (non-hydrogen) atoms. The summed E-state index contributed by atoms with van der Waals surface area (Å²) < 4.78 is 27.4. The predicted octanol–water partition coefficient (Wildman–Crippen LogP) is 2.02. The molecule has 8 nitrogen and oxygen atoms in total. The molecule has 0 aromatic heterocycles. The van der Waals surface area contributed by atoms with Gasteiger partial charge in [0.1, 0.15) is 0 Å². The fourth-order valence-corrected chi connectivity index (χ4v) is 4.11. The van der Waals surface area contributed by atoms with Gasteiger partial charge in [0.25, 0.3) is 15.7 Å². The van der Waals surface area contributed by atoms with E-state index in [1.165, 1.54) is 36.4 Å². The number of anilines is 1. The first-order valence-electron chi connectivity index (χ1n) is 8.28. The Morgan fingerprint density at radius 1 is 1.11 bits per heavy atom. The van der Waals surface area contributed by atoms with Crippen LogP contribution in [0.25, 0.3) is 0 Å². The van der Waals surface area contributed by atoms with E-state index >= 15 is 0 Å². The van der Waals surface area contributed by atoms with Crippen molar-refractivity contribution >= 4 is 21.4 Å². The molecule has 0 radical (unpaired) electrons. The number of nitrogens with zero attached hydrogens (tertiary/aromatic N) is 3. The van der Waals surface area contributed by atoms with Crippen LogP contribution in [0.15, 0.2) is 53.4 Å². The topological polar surface area (TPSA) is 104 Å². The lowest BCUT2D eigenvalue weighted by Crippen LogP contribution is -2.41. The minimum absolute atomic E-state index is 0.0525. The summed E-state index contributed by atoms with van der Waals surface area (Å²) in [4.78, 5) is 12.3. The van der Waals surface area contributed by atoms with E-state index in [-0.39, 0.29) is 29.4 Å². The summed E-state index contributed by atoms with van der Waals surface area (Å²) in [5.74, 6) is 0. The summed E-state index contributed by atoms with van der Waals surface area (Å²) in [5.41, 5.74) is 0.810. The van der Waals surface area contributed by atoms with Gasteiger partial charge in [-0.3, -0.25) is 14.4 Å². The summed E-state index contributed by atoms with van der Waals surface area (Å²) in [6, 6.07) is 11.7. The Morgan fingerprint density at radius 2 is 1.74 bits per heavy atom. The zero-order valence-corrected chi connectivity index (χ0v) is 16.3. The standard InChI is InChI=1S/C18H23N3O5S/c1-14-7-9-18(10-8-14)27(25,26)20(13-17(22)12-19(2)3)15-5-4-6-16(11-15)21(23)24/h4-11,17,22H,12-13H2,1-3H3. The number of nitro benzene ring substituents is 1. The largest absolute Gasteiger partial charge is 0.390 e. The van der Waals surface area contributed by atoms with E-state index < -0.39 is 21.1 Å². The monoisotopic (exact) mass is 393 g/mol. The summed E-state index contributed by atoms with van der Waals surface area (Å²) in [7, 11) is -0.493. The Hall–Kier alpha value is -2.49. The van der Waals surface area contributed by atoms with Crippen LogP contribution < -0.4 is 4.31 Å². The summed E-state index contributed by atoms with van der Waals surface area (Å²) in [6.07, 6.45) is -0.973. The molecule has 0 aliphatic heterocycles. The van der Waals surface area contributed by atoms with Gasteiger partial charge in [-0.15, -0.1) is 0 Å². The van der Waals surface area contributed by atoms with Crippen molar-refractivity contribution in [1.29, 1.82) is 0 Å². The molecule has 0 bridgehead atoms. The molecule has 2 aromatic rings. The fourth-order valence-electron chi connectivity index (χ4n) is 2.61. The second kappa shape index (κ2) is 8.47. The molecule has 0 amide bonds. The number of nitro groups is 1. The number of sulfonamides is 1. The molecule has 1 N–H and O–H groups in total. The first-order chi connectivity index (χ1) is 12.6. The Balaban J connectivity index is 2.50. The lowest BCUT2D eigenvalue weighted by molar-refractivity contribution is -0.384. The Kier molecular flexibility index (Phi) is 6.53. The number of aryl methyl sites for hydroxylation is 1. The van der Waals surface area contributed by atoms with E-state index in [2.05, 4.69) is 0 Å². The molecular formula is C18H23N3O5S. The zero-order valence-electron chi connectivity index (χ0n) is 15.4. The molecule has 0 aliphatic rings. The van der Waals surface area contributed by atoms with E-state index in [1.807, 2.05) is 6.92 Å². The SMILES string of the molecule is Cc1ccc(S(=O)(=O)N(CC(O)CN(C)C)c2cccc([N+](=O)[O-])c2)cc1. The van der Waals surface area contributed by atoms with Crippen molar-refractivity contribution in [3.8, 4) is 0 Å². The third-order valence-electron chi connectivity index (χ3n) is 3.89. The number of aliphatic hydroxyl groups excluding tert-OH is 1. The van der Waals surface area contributed by atoms with Crippen LogP contribution in [0, 0.1) is 17.0 Å². The minimum Gasteiger partial charge on any atom is -0.390 e. The molecule has 0 spiro atoms. The highest BCUT2D eigenvalue weighted by Crippen LogP contribution is 2.27. The van der Waals surface area contributed by atoms with Gasteiger partial charge in [-0.05, 0) is 39.2 Å². The van der Waals surface area contributed by atoms with Crippen molar-refractivity contribution in [2.75, 3.05) is 31.5 Å². The number of benzene rings is 2. The van der Waals surface area contributed by atoms with Crippen molar-refractivity contribution in [1.82, 2.24) is 4.90 Å². The zero-order chi connectivity index (χ0) is 20.2. The highest BCUT2D eigenvalue weighted by atomic mass is 32.2. The van der Waals surface area contributed by atoms with Crippen LogP contribution in [0.1, 0.15) is 5.56 Å². The predicted molar refractivity (Wildman–Crippen MR) is 103 cm³/mol. The van der Waals surface area contributed by atoms with E-state index in [1.54, 1.807) is 31.1 Å². The lowest BCUT2D eigenvalue weighted by atomic mass is 10.2.